The van der Waals surface area contributed by atoms with Crippen molar-refractivity contribution in [1.29, 1.82) is 0 Å². The molecule has 0 N–H and O–H groups in total. The quantitative estimate of drug-likeness (QED) is 0.138. The van der Waals surface area contributed by atoms with Gasteiger partial charge in [-0.15, -0.1) is 0 Å². The van der Waals surface area contributed by atoms with Gasteiger partial charge in [-0.3, -0.25) is 0 Å². The minimum atomic E-state index is -4.00. The zero-order chi connectivity index (χ0) is 20.1. The molecular formula is C23H47KO3S. The largest absolute Gasteiger partial charge is 1.00 e. The van der Waals surface area contributed by atoms with Crippen molar-refractivity contribution in [2.45, 2.75) is 142 Å². The van der Waals surface area contributed by atoms with Gasteiger partial charge in [0.05, 0.1) is 10.1 Å². The summed E-state index contributed by atoms with van der Waals surface area (Å²) in [6.45, 7) is 2.28. The average molecular weight is 443 g/mol. The summed E-state index contributed by atoms with van der Waals surface area (Å²) < 4.78 is 31.4. The molecular weight excluding hydrogens is 395 g/mol. The maximum absolute atomic E-state index is 10.5. The number of rotatable bonds is 22. The Labute approximate surface area is 219 Å². The summed E-state index contributed by atoms with van der Waals surface area (Å²) >= 11 is 0. The fraction of sp³-hybridized carbons (Fsp3) is 1.00. The molecule has 0 radical (unpaired) electrons. The summed E-state index contributed by atoms with van der Waals surface area (Å²) in [6.07, 6.45) is 27.4. The van der Waals surface area contributed by atoms with Crippen LogP contribution >= 0.6 is 0 Å². The average Bonchev–Trinajstić information content (AvgIpc) is 2.62. The van der Waals surface area contributed by atoms with Gasteiger partial charge in [-0.05, 0) is 6.42 Å². The van der Waals surface area contributed by atoms with E-state index >= 15 is 0 Å². The Morgan fingerprint density at radius 2 is 0.679 bits per heavy atom. The van der Waals surface area contributed by atoms with Gasteiger partial charge in [0.15, 0.2) is 0 Å². The third-order valence-corrected chi connectivity index (χ3v) is 6.29. The molecule has 0 aromatic heterocycles. The van der Waals surface area contributed by atoms with E-state index in [1.807, 2.05) is 0 Å². The predicted octanol–water partition coefficient (Wildman–Crippen LogP) is 4.75. The Kier molecular flexibility index (Phi) is 28.1. The van der Waals surface area contributed by atoms with Crippen LogP contribution in [-0.2, 0) is 10.1 Å². The molecule has 3 nitrogen and oxygen atoms in total. The van der Waals surface area contributed by atoms with Gasteiger partial charge in [0, 0.05) is 5.75 Å². The van der Waals surface area contributed by atoms with Crippen LogP contribution in [0.1, 0.15) is 142 Å². The van der Waals surface area contributed by atoms with Gasteiger partial charge in [-0.2, -0.15) is 0 Å². The first-order chi connectivity index (χ1) is 13.1. The first-order valence-corrected chi connectivity index (χ1v) is 13.6. The van der Waals surface area contributed by atoms with Crippen LogP contribution in [0.4, 0.5) is 0 Å². The Balaban J connectivity index is 0. The van der Waals surface area contributed by atoms with Crippen LogP contribution in [0.2, 0.25) is 0 Å². The zero-order valence-electron chi connectivity index (χ0n) is 19.2. The molecule has 0 unspecified atom stereocenters. The molecule has 0 aliphatic carbocycles. The summed E-state index contributed by atoms with van der Waals surface area (Å²) in [6, 6.07) is 0. The van der Waals surface area contributed by atoms with E-state index in [0.29, 0.717) is 6.42 Å². The van der Waals surface area contributed by atoms with Crippen LogP contribution in [0.15, 0.2) is 0 Å². The molecule has 28 heavy (non-hydrogen) atoms. The molecule has 0 aromatic carbocycles. The van der Waals surface area contributed by atoms with E-state index in [2.05, 4.69) is 6.92 Å². The van der Waals surface area contributed by atoms with E-state index in [0.717, 1.165) is 12.8 Å². The van der Waals surface area contributed by atoms with Crippen LogP contribution in [0, 0.1) is 0 Å². The summed E-state index contributed by atoms with van der Waals surface area (Å²) in [5, 5.41) is 0. The standard InChI is InChI=1S/C23H48O3S.K/c1-2-3-4-5-6-7-8-9-10-11-12-13-14-15-16-17-18-19-20-21-22-23-27(24,25)26;/h2-23H2,1H3,(H,24,25,26);/q;+1/p-1. The minimum absolute atomic E-state index is 0. The SMILES string of the molecule is CCCCCCCCCCCCCCCCCCCCCCCS(=O)(=O)[O-].[K+]. The second-order valence-corrected chi connectivity index (χ2v) is 9.86. The smallest absolute Gasteiger partial charge is 0.748 e. The van der Waals surface area contributed by atoms with Gasteiger partial charge in [0.1, 0.15) is 0 Å². The molecule has 0 aliphatic heterocycles. The van der Waals surface area contributed by atoms with E-state index in [1.165, 1.54) is 116 Å². The third kappa shape index (κ3) is 29.7. The molecule has 5 heteroatoms. The maximum atomic E-state index is 10.5. The molecule has 0 heterocycles. The Bertz CT molecular complexity index is 385. The fourth-order valence-electron chi connectivity index (χ4n) is 3.71. The van der Waals surface area contributed by atoms with E-state index in [9.17, 15) is 13.0 Å². The van der Waals surface area contributed by atoms with Gasteiger partial charge in [-0.25, -0.2) is 8.42 Å². The first kappa shape index (κ1) is 31.7. The molecule has 0 atom stereocenters. The predicted molar refractivity (Wildman–Crippen MR) is 117 cm³/mol. The molecule has 0 saturated heterocycles. The summed E-state index contributed by atoms with van der Waals surface area (Å²) in [5.74, 6) is -0.188. The number of unbranched alkanes of at least 4 members (excludes halogenated alkanes) is 20. The Morgan fingerprint density at radius 1 is 0.464 bits per heavy atom. The van der Waals surface area contributed by atoms with Crippen molar-refractivity contribution in [1.82, 2.24) is 0 Å². The van der Waals surface area contributed by atoms with Gasteiger partial charge in [-0.1, -0.05) is 135 Å². The van der Waals surface area contributed by atoms with Crippen molar-refractivity contribution in [3.63, 3.8) is 0 Å². The molecule has 0 amide bonds. The topological polar surface area (TPSA) is 57.2 Å². The molecule has 0 fully saturated rings. The first-order valence-electron chi connectivity index (χ1n) is 12.0. The van der Waals surface area contributed by atoms with Crippen molar-refractivity contribution >= 4 is 10.1 Å². The molecule has 164 valence electrons. The van der Waals surface area contributed by atoms with E-state index in [4.69, 9.17) is 0 Å². The van der Waals surface area contributed by atoms with Crippen LogP contribution < -0.4 is 51.4 Å². The van der Waals surface area contributed by atoms with Crippen LogP contribution in [0.5, 0.6) is 0 Å². The number of hydrogen-bond donors (Lipinski definition) is 0. The number of hydrogen-bond acceptors (Lipinski definition) is 3. The van der Waals surface area contributed by atoms with Crippen molar-refractivity contribution in [3.8, 4) is 0 Å². The van der Waals surface area contributed by atoms with Gasteiger partial charge < -0.3 is 4.55 Å². The summed E-state index contributed by atoms with van der Waals surface area (Å²) in [7, 11) is -4.00. The molecule has 0 saturated carbocycles. The molecule has 0 spiro atoms. The maximum Gasteiger partial charge on any atom is 1.00 e. The third-order valence-electron chi connectivity index (χ3n) is 5.50. The summed E-state index contributed by atoms with van der Waals surface area (Å²) in [5.41, 5.74) is 0. The second kappa shape index (κ2) is 24.8. The monoisotopic (exact) mass is 442 g/mol. The molecule has 0 aromatic rings. The van der Waals surface area contributed by atoms with E-state index < -0.39 is 10.1 Å². The van der Waals surface area contributed by atoms with Crippen LogP contribution in [0.25, 0.3) is 0 Å². The van der Waals surface area contributed by atoms with Crippen LogP contribution in [-0.4, -0.2) is 18.7 Å². The molecule has 0 rings (SSSR count). The van der Waals surface area contributed by atoms with Gasteiger partial charge in [0.2, 0.25) is 0 Å². The minimum Gasteiger partial charge on any atom is -0.748 e. The van der Waals surface area contributed by atoms with E-state index in [-0.39, 0.29) is 57.1 Å². The van der Waals surface area contributed by atoms with Crippen molar-refractivity contribution in [2.75, 3.05) is 5.75 Å². The van der Waals surface area contributed by atoms with Crippen molar-refractivity contribution < 1.29 is 64.4 Å². The fourth-order valence-corrected chi connectivity index (χ4v) is 4.27. The molecule has 0 aliphatic rings. The van der Waals surface area contributed by atoms with Crippen molar-refractivity contribution in [3.05, 3.63) is 0 Å². The van der Waals surface area contributed by atoms with Crippen LogP contribution in [0.3, 0.4) is 0 Å². The Morgan fingerprint density at radius 3 is 0.893 bits per heavy atom. The second-order valence-electron chi connectivity index (χ2n) is 8.33. The van der Waals surface area contributed by atoms with Gasteiger partial charge >= 0.3 is 51.4 Å². The van der Waals surface area contributed by atoms with E-state index in [1.54, 1.807) is 0 Å². The molecule has 0 bridgehead atoms. The van der Waals surface area contributed by atoms with Gasteiger partial charge in [0.25, 0.3) is 0 Å². The van der Waals surface area contributed by atoms with Crippen molar-refractivity contribution in [2.24, 2.45) is 0 Å². The zero-order valence-corrected chi connectivity index (χ0v) is 23.1. The Hall–Kier alpha value is 1.55. The normalized spacial score (nSPS) is 11.5. The summed E-state index contributed by atoms with van der Waals surface area (Å²) in [4.78, 5) is 0.